The van der Waals surface area contributed by atoms with Gasteiger partial charge in [-0.15, -0.1) is 0 Å². The topological polar surface area (TPSA) is 134 Å². The van der Waals surface area contributed by atoms with Crippen LogP contribution in [-0.2, 0) is 4.12 Å². The molecule has 0 saturated carbocycles. The van der Waals surface area contributed by atoms with Gasteiger partial charge in [0.05, 0.1) is 26.9 Å². The van der Waals surface area contributed by atoms with Crippen LogP contribution in [0.3, 0.4) is 0 Å². The molecular formula is C12H51N3O3Si6. The predicted octanol–water partition coefficient (Wildman–Crippen LogP) is 0.740. The van der Waals surface area contributed by atoms with Crippen molar-refractivity contribution in [1.82, 2.24) is 10.8 Å². The average molecular weight is 454 g/mol. The molecule has 0 atom stereocenters. The summed E-state index contributed by atoms with van der Waals surface area (Å²) in [4.78, 5) is 8.19. The molecule has 0 aliphatic rings. The maximum Gasteiger partial charge on any atom is 0.166 e. The first-order valence-corrected chi connectivity index (χ1v) is 25.7. The largest absolute Gasteiger partial charge is 0.461 e. The lowest BCUT2D eigenvalue weighted by Gasteiger charge is -2.07. The van der Waals surface area contributed by atoms with Gasteiger partial charge in [0.1, 0.15) is 0 Å². The van der Waals surface area contributed by atoms with Crippen molar-refractivity contribution in [3.63, 3.8) is 0 Å². The molecule has 12 heteroatoms. The van der Waals surface area contributed by atoms with Gasteiger partial charge in [-0.05, 0) is 39.3 Å². The molecule has 9 N–H and O–H groups in total. The van der Waals surface area contributed by atoms with E-state index in [0.29, 0.717) is 0 Å². The van der Waals surface area contributed by atoms with Crippen molar-refractivity contribution in [2.75, 3.05) is 0 Å². The minimum Gasteiger partial charge on any atom is -0.461 e. The molecule has 0 aromatic rings. The number of nitrogens with one attached hydrogen (secondary N) is 1. The molecule has 24 heavy (non-hydrogen) atoms. The molecule has 0 aliphatic heterocycles. The van der Waals surface area contributed by atoms with Gasteiger partial charge in [-0.3, -0.25) is 0 Å². The Hall–Kier alpha value is 1.06. The van der Waals surface area contributed by atoms with Gasteiger partial charge in [0, 0.05) is 0 Å². The normalized spacial score (nSPS) is 9.50. The Morgan fingerprint density at radius 3 is 0.875 bits per heavy atom. The lowest BCUT2D eigenvalue weighted by molar-refractivity contribution is 0.587. The molecule has 0 unspecified atom stereocenters. The maximum atomic E-state index is 8.19. The minimum atomic E-state index is -1.14. The Morgan fingerprint density at radius 2 is 0.875 bits per heavy atom. The van der Waals surface area contributed by atoms with Crippen LogP contribution < -0.4 is 16.2 Å². The molecule has 0 amide bonds. The van der Waals surface area contributed by atoms with E-state index in [1.54, 1.807) is 0 Å². The third-order valence-electron chi connectivity index (χ3n) is 1.21. The highest BCUT2D eigenvalue weighted by Gasteiger charge is 1.98. The lowest BCUT2D eigenvalue weighted by Crippen LogP contribution is -2.36. The van der Waals surface area contributed by atoms with Crippen LogP contribution in [0.1, 0.15) is 0 Å². The molecule has 0 spiro atoms. The first-order valence-electron chi connectivity index (χ1n) is 8.57. The minimum absolute atomic E-state index is 0. The summed E-state index contributed by atoms with van der Waals surface area (Å²) in [7, 11) is -3.94. The molecule has 156 valence electrons. The Labute approximate surface area is 163 Å². The van der Waals surface area contributed by atoms with Crippen LogP contribution in [0.25, 0.3) is 0 Å². The third-order valence-corrected chi connectivity index (χ3v) is 10.9. The van der Waals surface area contributed by atoms with Crippen LogP contribution >= 0.6 is 0 Å². The summed E-state index contributed by atoms with van der Waals surface area (Å²) in [5, 5.41) is 5.25. The van der Waals surface area contributed by atoms with E-state index in [2.05, 4.69) is 70.1 Å². The highest BCUT2D eigenvalue weighted by atomic mass is 28.4. The van der Waals surface area contributed by atoms with E-state index in [0.717, 1.165) is 0 Å². The second-order valence-electron chi connectivity index (χ2n) is 7.05. The fourth-order valence-corrected chi connectivity index (χ4v) is 10.9. The monoisotopic (exact) mass is 453 g/mol. The van der Waals surface area contributed by atoms with Gasteiger partial charge < -0.3 is 30.6 Å². The number of rotatable bonds is 4. The molecule has 0 saturated heterocycles. The summed E-state index contributed by atoms with van der Waals surface area (Å²) < 4.78 is 9.11. The maximum absolute atomic E-state index is 8.19. The van der Waals surface area contributed by atoms with Crippen LogP contribution in [-0.4, -0.2) is 64.3 Å². The van der Waals surface area contributed by atoms with Gasteiger partial charge in [-0.25, -0.2) is 0 Å². The molecular weight excluding hydrogens is 403 g/mol. The molecule has 6 nitrogen and oxygen atoms in total. The fraction of sp³-hybridized carbons (Fsp3) is 1.00. The fourth-order valence-electron chi connectivity index (χ4n) is 1.21. The van der Waals surface area contributed by atoms with Gasteiger partial charge in [0.15, 0.2) is 27.1 Å². The van der Waals surface area contributed by atoms with E-state index in [1.807, 2.05) is 13.1 Å². The van der Waals surface area contributed by atoms with Crippen molar-refractivity contribution in [2.24, 2.45) is 5.40 Å². The van der Waals surface area contributed by atoms with Crippen molar-refractivity contribution in [3.05, 3.63) is 0 Å². The summed E-state index contributed by atoms with van der Waals surface area (Å²) in [5.41, 5.74) is 0. The molecule has 0 heterocycles. The zero-order valence-electron chi connectivity index (χ0n) is 18.6. The van der Waals surface area contributed by atoms with Gasteiger partial charge >= 0.3 is 0 Å². The second kappa shape index (κ2) is 28.8. The quantitative estimate of drug-likeness (QED) is 0.466. The Morgan fingerprint density at radius 1 is 0.708 bits per heavy atom. The van der Waals surface area contributed by atoms with E-state index in [-0.39, 0.29) is 11.6 Å². The van der Waals surface area contributed by atoms with E-state index in [4.69, 9.17) is 14.3 Å². The SMILES string of the molecule is C[SiH](C)N.C[SiH](C)N[SiH](C)C.C[SiH](C)O.C[SiH](C)O[SiH](C)C.N.O. The molecule has 0 aromatic heterocycles. The van der Waals surface area contributed by atoms with Crippen molar-refractivity contribution in [2.45, 2.75) is 78.6 Å². The zero-order valence-corrected chi connectivity index (χ0v) is 25.5. The van der Waals surface area contributed by atoms with Gasteiger partial charge in [-0.2, -0.15) is 0 Å². The number of nitrogens with two attached hydrogens (primary N) is 1. The van der Waals surface area contributed by atoms with Crippen molar-refractivity contribution >= 4 is 54.0 Å². The van der Waals surface area contributed by atoms with Crippen LogP contribution in [0, 0.1) is 0 Å². The van der Waals surface area contributed by atoms with Crippen LogP contribution in [0.15, 0.2) is 0 Å². The van der Waals surface area contributed by atoms with Crippen LogP contribution in [0.4, 0.5) is 0 Å². The number of hydrogen-bond donors (Lipinski definition) is 4. The average Bonchev–Trinajstić information content (AvgIpc) is 2.10. The van der Waals surface area contributed by atoms with Gasteiger partial charge in [-0.1, -0.05) is 39.3 Å². The predicted molar refractivity (Wildman–Crippen MR) is 133 cm³/mol. The van der Waals surface area contributed by atoms with E-state index in [1.165, 1.54) is 0 Å². The molecule has 0 radical (unpaired) electrons. The van der Waals surface area contributed by atoms with E-state index < -0.39 is 54.0 Å². The number of hydrogen-bond acceptors (Lipinski definition) is 5. The smallest absolute Gasteiger partial charge is 0.166 e. The Bertz CT molecular complexity index is 165. The summed E-state index contributed by atoms with van der Waals surface area (Å²) in [6, 6.07) is 0. The Kier molecular flexibility index (Phi) is 48.0. The second-order valence-corrected chi connectivity index (χ2v) is 23.0. The molecule has 0 aliphatic carbocycles. The van der Waals surface area contributed by atoms with Crippen LogP contribution in [0.5, 0.6) is 0 Å². The van der Waals surface area contributed by atoms with Crippen molar-refractivity contribution in [3.8, 4) is 0 Å². The highest BCUT2D eigenvalue weighted by molar-refractivity contribution is 6.70. The summed E-state index contributed by atoms with van der Waals surface area (Å²) >= 11 is 0. The molecule has 0 aromatic carbocycles. The van der Waals surface area contributed by atoms with Crippen LogP contribution in [0.2, 0.25) is 78.6 Å². The molecule has 0 fully saturated rings. The highest BCUT2D eigenvalue weighted by Crippen LogP contribution is 1.87. The lowest BCUT2D eigenvalue weighted by atomic mass is 11.9. The standard InChI is InChI=1S/C4H15NSi2.C4H14OSi2.C2H9NSi.C2H8OSi.H3N.H2O/c2*1-6(2)5-7(3)4;2*1-4(2)3;;/h5-7H,1-4H3;6-7H,1-4H3;4H,3H2,1-2H3;3-4H,1-2H3;1H3;1H2. The summed E-state index contributed by atoms with van der Waals surface area (Å²) in [6.45, 7) is 26.1. The zero-order chi connectivity index (χ0) is 18.9. The third kappa shape index (κ3) is 137. The molecule has 0 rings (SSSR count). The first-order chi connectivity index (χ1) is 9.72. The van der Waals surface area contributed by atoms with E-state index >= 15 is 0 Å². The first kappa shape index (κ1) is 39.9. The summed E-state index contributed by atoms with van der Waals surface area (Å²) in [5.74, 6) is 0. The van der Waals surface area contributed by atoms with E-state index in [9.17, 15) is 0 Å². The van der Waals surface area contributed by atoms with Gasteiger partial charge in [0.2, 0.25) is 0 Å². The van der Waals surface area contributed by atoms with Crippen molar-refractivity contribution in [1.29, 1.82) is 0 Å². The van der Waals surface area contributed by atoms with Gasteiger partial charge in [0.25, 0.3) is 0 Å². The summed E-state index contributed by atoms with van der Waals surface area (Å²) in [6.07, 6.45) is 0. The van der Waals surface area contributed by atoms with Crippen molar-refractivity contribution < 1.29 is 14.4 Å². The molecule has 0 bridgehead atoms. The Balaban J connectivity index is -0.0000000453.